The summed E-state index contributed by atoms with van der Waals surface area (Å²) in [5, 5.41) is 2.41. The molecule has 8 aromatic carbocycles. The van der Waals surface area contributed by atoms with E-state index in [-0.39, 0.29) is 0 Å². The molecule has 0 N–H and O–H groups in total. The zero-order valence-electron chi connectivity index (χ0n) is 27.7. The highest BCUT2D eigenvalue weighted by atomic mass is 16.5. The van der Waals surface area contributed by atoms with E-state index in [1.54, 1.807) is 0 Å². The molecule has 3 nitrogen and oxygen atoms in total. The number of hydrogen-bond acceptors (Lipinski definition) is 2. The molecule has 10 rings (SSSR count). The van der Waals surface area contributed by atoms with E-state index in [0.717, 1.165) is 84.2 Å². The Bertz CT molecular complexity index is 2740. The number of rotatable bonds is 3. The fourth-order valence-electron chi connectivity index (χ4n) is 7.67. The molecule has 0 saturated heterocycles. The smallest absolute Gasteiger partial charge is 0.143 e. The number of para-hydroxylation sites is 6. The van der Waals surface area contributed by atoms with Crippen molar-refractivity contribution in [2.24, 2.45) is 0 Å². The maximum Gasteiger partial charge on any atom is 0.143 e. The molecule has 0 saturated carbocycles. The molecule has 0 bridgehead atoms. The molecule has 1 aliphatic rings. The van der Waals surface area contributed by atoms with Crippen LogP contribution in [0, 0.1) is 0 Å². The summed E-state index contributed by atoms with van der Waals surface area (Å²) >= 11 is 0. The van der Waals surface area contributed by atoms with Crippen molar-refractivity contribution in [1.29, 1.82) is 0 Å². The molecule has 0 spiro atoms. The maximum absolute atomic E-state index is 7.30. The third-order valence-electron chi connectivity index (χ3n) is 9.89. The Morgan fingerprint density at radius 1 is 0.333 bits per heavy atom. The van der Waals surface area contributed by atoms with Crippen LogP contribution in [0.4, 0.5) is 0 Å². The Morgan fingerprint density at radius 2 is 0.882 bits per heavy atom. The average Bonchev–Trinajstić information content (AvgIpc) is 3.54. The molecule has 0 fully saturated rings. The van der Waals surface area contributed by atoms with Crippen LogP contribution in [0.15, 0.2) is 188 Å². The minimum absolute atomic E-state index is 0.756. The first-order valence-corrected chi connectivity index (χ1v) is 17.3. The number of aromatic nitrogens is 1. The van der Waals surface area contributed by atoms with Crippen molar-refractivity contribution in [3.63, 3.8) is 0 Å². The second-order valence-corrected chi connectivity index (χ2v) is 12.8. The summed E-state index contributed by atoms with van der Waals surface area (Å²) in [4.78, 5) is 0. The van der Waals surface area contributed by atoms with Gasteiger partial charge >= 0.3 is 0 Å². The van der Waals surface area contributed by atoms with Crippen LogP contribution in [-0.2, 0) is 0 Å². The highest BCUT2D eigenvalue weighted by Gasteiger charge is 2.26. The Morgan fingerprint density at radius 3 is 1.73 bits per heavy atom. The molecule has 0 amide bonds. The average molecular weight is 654 g/mol. The van der Waals surface area contributed by atoms with Crippen molar-refractivity contribution in [2.75, 3.05) is 0 Å². The number of benzene rings is 8. The van der Waals surface area contributed by atoms with Crippen LogP contribution in [0.3, 0.4) is 0 Å². The maximum atomic E-state index is 7.30. The number of hydrogen-bond donors (Lipinski definition) is 0. The minimum Gasteiger partial charge on any atom is -0.456 e. The SMILES string of the molecule is c1ccc(-c2cccc3c2Oc2cccc(-c4cccc5c6ccccc6n(-c6ccccc6)c45)c2-c2ccccc2Oc2ccccc2-3)cc1. The standard InChI is InChI=1S/C48H31NO2/c1-3-16-32(17-4-1)34-23-13-27-40-36-21-8-11-29-43(36)50-44-30-12-9-22-41(44)46-37(24-15-31-45(46)51-48(34)40)39-26-14-25-38-35-20-7-10-28-42(35)49(47(38)39)33-18-5-2-6-19-33/h1-31H. The lowest BCUT2D eigenvalue weighted by Crippen LogP contribution is -2.01. The Hall–Kier alpha value is -6.84. The van der Waals surface area contributed by atoms with Gasteiger partial charge in [-0.3, -0.25) is 0 Å². The van der Waals surface area contributed by atoms with E-state index in [4.69, 9.17) is 9.47 Å². The molecule has 1 aromatic heterocycles. The Balaban J connectivity index is 1.31. The van der Waals surface area contributed by atoms with E-state index in [9.17, 15) is 0 Å². The first kappa shape index (κ1) is 29.1. The topological polar surface area (TPSA) is 23.4 Å². The fraction of sp³-hybridized carbons (Fsp3) is 0. The van der Waals surface area contributed by atoms with E-state index in [1.165, 1.54) is 10.8 Å². The zero-order valence-corrected chi connectivity index (χ0v) is 27.7. The van der Waals surface area contributed by atoms with Gasteiger partial charge in [0.05, 0.1) is 11.0 Å². The molecule has 9 aromatic rings. The molecular formula is C48H31NO2. The summed E-state index contributed by atoms with van der Waals surface area (Å²) in [5.41, 5.74) is 11.5. The van der Waals surface area contributed by atoms with Gasteiger partial charge in [-0.2, -0.15) is 0 Å². The van der Waals surface area contributed by atoms with Crippen molar-refractivity contribution in [3.8, 4) is 73.2 Å². The van der Waals surface area contributed by atoms with Crippen molar-refractivity contribution >= 4 is 21.8 Å². The van der Waals surface area contributed by atoms with Gasteiger partial charge in [-0.15, -0.1) is 0 Å². The summed E-state index contributed by atoms with van der Waals surface area (Å²) in [6.45, 7) is 0. The normalized spacial score (nSPS) is 11.8. The van der Waals surface area contributed by atoms with Gasteiger partial charge in [-0.1, -0.05) is 152 Å². The van der Waals surface area contributed by atoms with Gasteiger partial charge in [0.15, 0.2) is 0 Å². The molecule has 3 heteroatoms. The number of ether oxygens (including phenoxy) is 2. The van der Waals surface area contributed by atoms with E-state index in [1.807, 2.05) is 24.3 Å². The molecule has 0 atom stereocenters. The minimum atomic E-state index is 0.756. The van der Waals surface area contributed by atoms with Gasteiger partial charge in [0.2, 0.25) is 0 Å². The van der Waals surface area contributed by atoms with Gasteiger partial charge in [0.25, 0.3) is 0 Å². The molecule has 1 aliphatic heterocycles. The van der Waals surface area contributed by atoms with Gasteiger partial charge in [-0.05, 0) is 47.5 Å². The zero-order chi connectivity index (χ0) is 33.7. The molecular weight excluding hydrogens is 623 g/mol. The second kappa shape index (κ2) is 11.9. The highest BCUT2D eigenvalue weighted by Crippen LogP contribution is 2.52. The molecule has 0 aliphatic carbocycles. The monoisotopic (exact) mass is 653 g/mol. The predicted molar refractivity (Wildman–Crippen MR) is 209 cm³/mol. The summed E-state index contributed by atoms with van der Waals surface area (Å²) < 4.78 is 16.6. The molecule has 2 heterocycles. The van der Waals surface area contributed by atoms with E-state index in [0.29, 0.717) is 0 Å². The molecule has 240 valence electrons. The van der Waals surface area contributed by atoms with Crippen LogP contribution in [0.25, 0.3) is 72.0 Å². The lowest BCUT2D eigenvalue weighted by Gasteiger charge is -2.24. The van der Waals surface area contributed by atoms with Gasteiger partial charge in [0.1, 0.15) is 23.0 Å². The third kappa shape index (κ3) is 4.74. The van der Waals surface area contributed by atoms with Gasteiger partial charge < -0.3 is 14.0 Å². The van der Waals surface area contributed by atoms with Crippen LogP contribution >= 0.6 is 0 Å². The summed E-state index contributed by atoms with van der Waals surface area (Å²) in [7, 11) is 0. The lowest BCUT2D eigenvalue weighted by atomic mass is 9.91. The summed E-state index contributed by atoms with van der Waals surface area (Å²) in [5.74, 6) is 3.08. The van der Waals surface area contributed by atoms with Crippen LogP contribution in [0.1, 0.15) is 0 Å². The van der Waals surface area contributed by atoms with E-state index >= 15 is 0 Å². The quantitative estimate of drug-likeness (QED) is 0.189. The Kier molecular flexibility index (Phi) is 6.81. The molecule has 51 heavy (non-hydrogen) atoms. The lowest BCUT2D eigenvalue weighted by molar-refractivity contribution is 0.473. The number of fused-ring (bicyclic) bond motifs is 9. The van der Waals surface area contributed by atoms with Crippen LogP contribution in [0.5, 0.6) is 23.0 Å². The van der Waals surface area contributed by atoms with Crippen LogP contribution in [-0.4, -0.2) is 4.57 Å². The highest BCUT2D eigenvalue weighted by molar-refractivity contribution is 6.15. The largest absolute Gasteiger partial charge is 0.456 e. The first-order valence-electron chi connectivity index (χ1n) is 17.3. The predicted octanol–water partition coefficient (Wildman–Crippen LogP) is 13.3. The van der Waals surface area contributed by atoms with Crippen molar-refractivity contribution in [1.82, 2.24) is 4.57 Å². The first-order chi connectivity index (χ1) is 25.3. The second-order valence-electron chi connectivity index (χ2n) is 12.8. The number of nitrogens with zero attached hydrogens (tertiary/aromatic N) is 1. The molecule has 0 radical (unpaired) electrons. The van der Waals surface area contributed by atoms with Gasteiger partial charge in [-0.25, -0.2) is 0 Å². The van der Waals surface area contributed by atoms with Crippen molar-refractivity contribution in [2.45, 2.75) is 0 Å². The van der Waals surface area contributed by atoms with Gasteiger partial charge in [0, 0.05) is 49.8 Å². The van der Waals surface area contributed by atoms with E-state index in [2.05, 4.69) is 168 Å². The Labute approximate surface area is 296 Å². The summed E-state index contributed by atoms with van der Waals surface area (Å²) in [6, 6.07) is 65.7. The fourth-order valence-corrected chi connectivity index (χ4v) is 7.67. The summed E-state index contributed by atoms with van der Waals surface area (Å²) in [6.07, 6.45) is 0. The molecule has 0 unspecified atom stereocenters. The van der Waals surface area contributed by atoms with Crippen molar-refractivity contribution < 1.29 is 9.47 Å². The van der Waals surface area contributed by atoms with E-state index < -0.39 is 0 Å². The van der Waals surface area contributed by atoms with Crippen molar-refractivity contribution in [3.05, 3.63) is 188 Å². The van der Waals surface area contributed by atoms with Crippen LogP contribution in [0.2, 0.25) is 0 Å². The third-order valence-corrected chi connectivity index (χ3v) is 9.89. The van der Waals surface area contributed by atoms with Crippen LogP contribution < -0.4 is 9.47 Å².